The summed E-state index contributed by atoms with van der Waals surface area (Å²) in [4.78, 5) is 11.3. The number of nitrogens with one attached hydrogen (secondary N) is 1. The standard InChI is InChI=1S/C21H21ClN4O2/c1-13-10-14-6-4-5-7-17(14)26(13)20-8-9-23-21(25-20)24-16-12-18(27-2)15(22)11-19(16)28-3/h4-9,11-13H,10H2,1-3H3,(H,23,24,25). The largest absolute Gasteiger partial charge is 0.495 e. The van der Waals surface area contributed by atoms with E-state index in [1.807, 2.05) is 6.07 Å². The van der Waals surface area contributed by atoms with Gasteiger partial charge < -0.3 is 19.7 Å². The summed E-state index contributed by atoms with van der Waals surface area (Å²) in [6, 6.07) is 14.1. The molecule has 0 bridgehead atoms. The third kappa shape index (κ3) is 3.31. The van der Waals surface area contributed by atoms with Crippen LogP contribution in [0.15, 0.2) is 48.7 Å². The van der Waals surface area contributed by atoms with E-state index in [0.717, 1.165) is 12.2 Å². The molecular weight excluding hydrogens is 376 g/mol. The monoisotopic (exact) mass is 396 g/mol. The molecule has 4 rings (SSSR count). The van der Waals surface area contributed by atoms with Gasteiger partial charge in [-0.05, 0) is 31.0 Å². The fourth-order valence-corrected chi connectivity index (χ4v) is 3.77. The van der Waals surface area contributed by atoms with Crippen LogP contribution in [0, 0.1) is 0 Å². The fourth-order valence-electron chi connectivity index (χ4n) is 3.54. The van der Waals surface area contributed by atoms with Crippen LogP contribution in [0.25, 0.3) is 0 Å². The van der Waals surface area contributed by atoms with Crippen LogP contribution in [0.4, 0.5) is 23.1 Å². The molecular formula is C21H21ClN4O2. The first kappa shape index (κ1) is 18.4. The van der Waals surface area contributed by atoms with Crippen LogP contribution in [-0.2, 0) is 6.42 Å². The number of nitrogens with zero attached hydrogens (tertiary/aromatic N) is 3. The topological polar surface area (TPSA) is 59.5 Å². The molecule has 0 saturated heterocycles. The average Bonchev–Trinajstić information content (AvgIpc) is 3.04. The van der Waals surface area contributed by atoms with Crippen molar-refractivity contribution in [3.05, 3.63) is 59.2 Å². The van der Waals surface area contributed by atoms with Gasteiger partial charge in [-0.15, -0.1) is 0 Å². The lowest BCUT2D eigenvalue weighted by molar-refractivity contribution is 0.405. The van der Waals surface area contributed by atoms with Crippen molar-refractivity contribution in [2.45, 2.75) is 19.4 Å². The number of benzene rings is 2. The summed E-state index contributed by atoms with van der Waals surface area (Å²) in [5, 5.41) is 3.69. The molecule has 144 valence electrons. The van der Waals surface area contributed by atoms with E-state index in [1.54, 1.807) is 32.5 Å². The van der Waals surface area contributed by atoms with Crippen LogP contribution < -0.4 is 19.7 Å². The summed E-state index contributed by atoms with van der Waals surface area (Å²) >= 11 is 6.19. The van der Waals surface area contributed by atoms with E-state index >= 15 is 0 Å². The van der Waals surface area contributed by atoms with Crippen LogP contribution in [0.2, 0.25) is 5.02 Å². The number of fused-ring (bicyclic) bond motifs is 1. The number of hydrogen-bond donors (Lipinski definition) is 1. The summed E-state index contributed by atoms with van der Waals surface area (Å²) in [6.45, 7) is 2.20. The number of aromatic nitrogens is 2. The second-order valence-electron chi connectivity index (χ2n) is 6.60. The molecule has 1 aromatic heterocycles. The Morgan fingerprint density at radius 3 is 2.68 bits per heavy atom. The SMILES string of the molecule is COc1cc(Nc2nccc(N3c4ccccc4CC3C)n2)c(OC)cc1Cl. The number of anilines is 4. The number of ether oxygens (including phenoxy) is 2. The van der Waals surface area contributed by atoms with Crippen molar-refractivity contribution in [2.75, 3.05) is 24.4 Å². The van der Waals surface area contributed by atoms with E-state index in [9.17, 15) is 0 Å². The molecule has 0 spiro atoms. The second kappa shape index (κ2) is 7.56. The number of para-hydroxylation sites is 1. The predicted molar refractivity (Wildman–Crippen MR) is 112 cm³/mol. The van der Waals surface area contributed by atoms with Gasteiger partial charge in [0.15, 0.2) is 0 Å². The number of rotatable bonds is 5. The van der Waals surface area contributed by atoms with Crippen molar-refractivity contribution >= 4 is 34.7 Å². The van der Waals surface area contributed by atoms with Gasteiger partial charge in [0, 0.05) is 30.1 Å². The van der Waals surface area contributed by atoms with Gasteiger partial charge in [0.1, 0.15) is 17.3 Å². The lowest BCUT2D eigenvalue weighted by atomic mass is 10.1. The van der Waals surface area contributed by atoms with Gasteiger partial charge in [0.25, 0.3) is 0 Å². The Kier molecular flexibility index (Phi) is 4.96. The van der Waals surface area contributed by atoms with Crippen LogP contribution in [0.5, 0.6) is 11.5 Å². The molecule has 7 heteroatoms. The highest BCUT2D eigenvalue weighted by molar-refractivity contribution is 6.32. The van der Waals surface area contributed by atoms with E-state index in [1.165, 1.54) is 11.3 Å². The maximum Gasteiger partial charge on any atom is 0.229 e. The average molecular weight is 397 g/mol. The quantitative estimate of drug-likeness (QED) is 0.656. The molecule has 1 aliphatic rings. The van der Waals surface area contributed by atoms with Crippen LogP contribution >= 0.6 is 11.6 Å². The van der Waals surface area contributed by atoms with E-state index in [0.29, 0.717) is 34.2 Å². The van der Waals surface area contributed by atoms with Gasteiger partial charge in [-0.1, -0.05) is 29.8 Å². The molecule has 2 heterocycles. The minimum absolute atomic E-state index is 0.324. The van der Waals surface area contributed by atoms with E-state index < -0.39 is 0 Å². The highest BCUT2D eigenvalue weighted by Crippen LogP contribution is 2.39. The molecule has 1 aliphatic heterocycles. The van der Waals surface area contributed by atoms with Gasteiger partial charge >= 0.3 is 0 Å². The van der Waals surface area contributed by atoms with Crippen molar-refractivity contribution < 1.29 is 9.47 Å². The lowest BCUT2D eigenvalue weighted by Gasteiger charge is -2.24. The van der Waals surface area contributed by atoms with E-state index in [2.05, 4.69) is 46.4 Å². The maximum atomic E-state index is 6.19. The molecule has 28 heavy (non-hydrogen) atoms. The first-order chi connectivity index (χ1) is 13.6. The minimum atomic E-state index is 0.324. The second-order valence-corrected chi connectivity index (χ2v) is 7.01. The zero-order chi connectivity index (χ0) is 19.7. The van der Waals surface area contributed by atoms with Gasteiger partial charge in [0.05, 0.1) is 24.9 Å². The van der Waals surface area contributed by atoms with Crippen molar-refractivity contribution in [1.82, 2.24) is 9.97 Å². The van der Waals surface area contributed by atoms with Crippen molar-refractivity contribution in [3.8, 4) is 11.5 Å². The molecule has 1 unspecified atom stereocenters. The number of halogens is 1. The number of hydrogen-bond acceptors (Lipinski definition) is 6. The Labute approximate surface area is 169 Å². The molecule has 1 atom stereocenters. The van der Waals surface area contributed by atoms with Crippen LogP contribution in [0.3, 0.4) is 0 Å². The van der Waals surface area contributed by atoms with Crippen molar-refractivity contribution in [1.29, 1.82) is 0 Å². The van der Waals surface area contributed by atoms with E-state index in [4.69, 9.17) is 26.1 Å². The van der Waals surface area contributed by atoms with Gasteiger partial charge in [-0.25, -0.2) is 4.98 Å². The van der Waals surface area contributed by atoms with E-state index in [-0.39, 0.29) is 0 Å². The molecule has 2 aromatic carbocycles. The molecule has 0 amide bonds. The van der Waals surface area contributed by atoms with Crippen LogP contribution in [0.1, 0.15) is 12.5 Å². The Morgan fingerprint density at radius 2 is 1.89 bits per heavy atom. The Bertz CT molecular complexity index is 1010. The molecule has 0 saturated carbocycles. The maximum absolute atomic E-state index is 6.19. The predicted octanol–water partition coefficient (Wildman–Crippen LogP) is 4.97. The summed E-state index contributed by atoms with van der Waals surface area (Å²) in [7, 11) is 3.16. The van der Waals surface area contributed by atoms with Crippen molar-refractivity contribution in [2.24, 2.45) is 0 Å². The highest BCUT2D eigenvalue weighted by Gasteiger charge is 2.27. The highest BCUT2D eigenvalue weighted by atomic mass is 35.5. The minimum Gasteiger partial charge on any atom is -0.495 e. The summed E-state index contributed by atoms with van der Waals surface area (Å²) in [5.74, 6) is 2.44. The molecule has 1 N–H and O–H groups in total. The summed E-state index contributed by atoms with van der Waals surface area (Å²) < 4.78 is 10.7. The molecule has 6 nitrogen and oxygen atoms in total. The Hall–Kier alpha value is -2.99. The number of methoxy groups -OCH3 is 2. The first-order valence-electron chi connectivity index (χ1n) is 8.99. The molecule has 0 aliphatic carbocycles. The van der Waals surface area contributed by atoms with Crippen LogP contribution in [-0.4, -0.2) is 30.2 Å². The Balaban J connectivity index is 1.68. The first-order valence-corrected chi connectivity index (χ1v) is 9.37. The van der Waals surface area contributed by atoms with Gasteiger partial charge in [0.2, 0.25) is 5.95 Å². The van der Waals surface area contributed by atoms with Gasteiger partial charge in [-0.2, -0.15) is 4.98 Å². The lowest BCUT2D eigenvalue weighted by Crippen LogP contribution is -2.25. The third-order valence-corrected chi connectivity index (χ3v) is 5.11. The summed E-state index contributed by atoms with van der Waals surface area (Å²) in [5.41, 5.74) is 3.19. The zero-order valence-electron chi connectivity index (χ0n) is 15.9. The fraction of sp³-hybridized carbons (Fsp3) is 0.238. The molecule has 0 fully saturated rings. The smallest absolute Gasteiger partial charge is 0.229 e. The summed E-state index contributed by atoms with van der Waals surface area (Å²) in [6.07, 6.45) is 2.74. The van der Waals surface area contributed by atoms with Crippen molar-refractivity contribution in [3.63, 3.8) is 0 Å². The Morgan fingerprint density at radius 1 is 1.11 bits per heavy atom. The normalized spacial score (nSPS) is 15.3. The third-order valence-electron chi connectivity index (χ3n) is 4.82. The van der Waals surface area contributed by atoms with Gasteiger partial charge in [-0.3, -0.25) is 0 Å². The molecule has 3 aromatic rings. The zero-order valence-corrected chi connectivity index (χ0v) is 16.7. The molecule has 0 radical (unpaired) electrons.